The molecule has 0 saturated heterocycles. The van der Waals surface area contributed by atoms with Gasteiger partial charge in [0.1, 0.15) is 0 Å². The molecule has 21 heavy (non-hydrogen) atoms. The number of nitrogens with two attached hydrogens (primary N) is 1. The summed E-state index contributed by atoms with van der Waals surface area (Å²) in [6, 6.07) is 10.1. The molecule has 0 atom stereocenters. The van der Waals surface area contributed by atoms with Crippen LogP contribution in [0, 0.1) is 0 Å². The van der Waals surface area contributed by atoms with Crippen molar-refractivity contribution in [2.24, 2.45) is 5.73 Å². The fraction of sp³-hybridized carbons (Fsp3) is 0.667. The molecule has 0 unspecified atom stereocenters. The first-order valence-electron chi connectivity index (χ1n) is 8.36. The molecule has 0 aromatic heterocycles. The Bertz CT molecular complexity index is 405. The van der Waals surface area contributed by atoms with Crippen molar-refractivity contribution in [1.82, 2.24) is 4.90 Å². The van der Waals surface area contributed by atoms with Crippen LogP contribution < -0.4 is 10.6 Å². The van der Waals surface area contributed by atoms with E-state index in [1.807, 2.05) is 0 Å². The van der Waals surface area contributed by atoms with Gasteiger partial charge in [-0.15, -0.1) is 0 Å². The van der Waals surface area contributed by atoms with Gasteiger partial charge in [0.25, 0.3) is 0 Å². The summed E-state index contributed by atoms with van der Waals surface area (Å²) in [5, 5.41) is 0. The first kappa shape index (κ1) is 16.3. The molecule has 1 aromatic rings. The molecule has 1 aliphatic rings. The summed E-state index contributed by atoms with van der Waals surface area (Å²) >= 11 is 0. The van der Waals surface area contributed by atoms with Gasteiger partial charge in [-0.1, -0.05) is 19.1 Å². The highest BCUT2D eigenvalue weighted by Crippen LogP contribution is 2.24. The largest absolute Gasteiger partial charge is 0.378 e. The molecule has 0 amide bonds. The van der Waals surface area contributed by atoms with E-state index < -0.39 is 0 Å². The molecule has 3 nitrogen and oxygen atoms in total. The van der Waals surface area contributed by atoms with E-state index in [-0.39, 0.29) is 0 Å². The zero-order chi connectivity index (χ0) is 15.2. The molecular weight excluding hydrogens is 258 g/mol. The Balaban J connectivity index is 1.98. The predicted octanol–water partition coefficient (Wildman–Crippen LogP) is 3.23. The maximum atomic E-state index is 6.05. The van der Waals surface area contributed by atoms with Crippen molar-refractivity contribution < 1.29 is 0 Å². The van der Waals surface area contributed by atoms with E-state index in [0.29, 0.717) is 6.04 Å². The van der Waals surface area contributed by atoms with E-state index in [0.717, 1.165) is 12.6 Å². The topological polar surface area (TPSA) is 32.5 Å². The SMILES string of the molecule is CCCN(Cc1ccc(N(C)C)cc1)C1CCC(N)CC1. The summed E-state index contributed by atoms with van der Waals surface area (Å²) in [6.45, 7) is 4.54. The Labute approximate surface area is 130 Å². The number of anilines is 1. The lowest BCUT2D eigenvalue weighted by atomic mass is 9.90. The van der Waals surface area contributed by atoms with Crippen LogP contribution in [0.3, 0.4) is 0 Å². The van der Waals surface area contributed by atoms with Crippen molar-refractivity contribution in [2.75, 3.05) is 25.5 Å². The average Bonchev–Trinajstić information content (AvgIpc) is 2.48. The summed E-state index contributed by atoms with van der Waals surface area (Å²) in [4.78, 5) is 4.81. The number of benzene rings is 1. The summed E-state index contributed by atoms with van der Waals surface area (Å²) in [6.07, 6.45) is 6.11. The smallest absolute Gasteiger partial charge is 0.0361 e. The minimum Gasteiger partial charge on any atom is -0.378 e. The Morgan fingerprint density at radius 2 is 1.67 bits per heavy atom. The van der Waals surface area contributed by atoms with Gasteiger partial charge in [0, 0.05) is 38.4 Å². The van der Waals surface area contributed by atoms with Gasteiger partial charge in [-0.25, -0.2) is 0 Å². The lowest BCUT2D eigenvalue weighted by molar-refractivity contribution is 0.142. The van der Waals surface area contributed by atoms with Gasteiger partial charge in [0.05, 0.1) is 0 Å². The van der Waals surface area contributed by atoms with Crippen LogP contribution in [-0.2, 0) is 6.54 Å². The Hall–Kier alpha value is -1.06. The second-order valence-electron chi connectivity index (χ2n) is 6.60. The molecule has 0 bridgehead atoms. The van der Waals surface area contributed by atoms with Gasteiger partial charge >= 0.3 is 0 Å². The third-order valence-electron chi connectivity index (χ3n) is 4.61. The van der Waals surface area contributed by atoms with Gasteiger partial charge in [-0.2, -0.15) is 0 Å². The summed E-state index contributed by atoms with van der Waals surface area (Å²) in [5.74, 6) is 0. The molecule has 0 radical (unpaired) electrons. The minimum absolute atomic E-state index is 0.434. The number of hydrogen-bond donors (Lipinski definition) is 1. The van der Waals surface area contributed by atoms with E-state index in [9.17, 15) is 0 Å². The Morgan fingerprint density at radius 3 is 2.19 bits per heavy atom. The normalized spacial score (nSPS) is 22.5. The molecule has 1 aromatic carbocycles. The third-order valence-corrected chi connectivity index (χ3v) is 4.61. The van der Waals surface area contributed by atoms with Gasteiger partial charge in [-0.3, -0.25) is 4.90 Å². The van der Waals surface area contributed by atoms with Crippen LogP contribution in [0.4, 0.5) is 5.69 Å². The van der Waals surface area contributed by atoms with E-state index in [4.69, 9.17) is 5.73 Å². The fourth-order valence-corrected chi connectivity index (χ4v) is 3.28. The van der Waals surface area contributed by atoms with Crippen molar-refractivity contribution in [1.29, 1.82) is 0 Å². The van der Waals surface area contributed by atoms with Crippen LogP contribution in [0.2, 0.25) is 0 Å². The maximum absolute atomic E-state index is 6.05. The number of rotatable bonds is 6. The van der Waals surface area contributed by atoms with Crippen molar-refractivity contribution >= 4 is 5.69 Å². The maximum Gasteiger partial charge on any atom is 0.0361 e. The van der Waals surface area contributed by atoms with Crippen LogP contribution in [0.1, 0.15) is 44.6 Å². The molecule has 0 heterocycles. The molecule has 118 valence electrons. The standard InChI is InChI=1S/C18H31N3/c1-4-13-21(18-11-7-16(19)8-12-18)14-15-5-9-17(10-6-15)20(2)3/h5-6,9-10,16,18H,4,7-8,11-14,19H2,1-3H3. The quantitative estimate of drug-likeness (QED) is 0.872. The second kappa shape index (κ2) is 7.81. The van der Waals surface area contributed by atoms with Gasteiger partial charge in [0.15, 0.2) is 0 Å². The molecule has 0 aliphatic heterocycles. The predicted molar refractivity (Wildman–Crippen MR) is 91.7 cm³/mol. The highest BCUT2D eigenvalue weighted by Gasteiger charge is 2.23. The average molecular weight is 289 g/mol. The first-order valence-corrected chi connectivity index (χ1v) is 8.36. The molecular formula is C18H31N3. The molecule has 1 aliphatic carbocycles. The molecule has 1 fully saturated rings. The van der Waals surface area contributed by atoms with Crippen LogP contribution in [-0.4, -0.2) is 37.6 Å². The van der Waals surface area contributed by atoms with Gasteiger partial charge in [0.2, 0.25) is 0 Å². The van der Waals surface area contributed by atoms with Crippen molar-refractivity contribution in [3.05, 3.63) is 29.8 Å². The third kappa shape index (κ3) is 4.72. The molecule has 3 heteroatoms. The summed E-state index contributed by atoms with van der Waals surface area (Å²) in [5.41, 5.74) is 8.73. The fourth-order valence-electron chi connectivity index (χ4n) is 3.28. The Morgan fingerprint density at radius 1 is 1.05 bits per heavy atom. The summed E-state index contributed by atoms with van der Waals surface area (Å²) in [7, 11) is 4.17. The molecule has 2 rings (SSSR count). The molecule has 1 saturated carbocycles. The van der Waals surface area contributed by atoms with E-state index >= 15 is 0 Å². The highest BCUT2D eigenvalue weighted by atomic mass is 15.2. The van der Waals surface area contributed by atoms with Crippen LogP contribution in [0.15, 0.2) is 24.3 Å². The molecule has 2 N–H and O–H groups in total. The summed E-state index contributed by atoms with van der Waals surface area (Å²) < 4.78 is 0. The zero-order valence-corrected chi connectivity index (χ0v) is 13.9. The monoisotopic (exact) mass is 289 g/mol. The number of hydrogen-bond acceptors (Lipinski definition) is 3. The van der Waals surface area contributed by atoms with Crippen LogP contribution in [0.5, 0.6) is 0 Å². The molecule has 0 spiro atoms. The lowest BCUT2D eigenvalue weighted by Crippen LogP contribution is -2.40. The van der Waals surface area contributed by atoms with Crippen molar-refractivity contribution in [3.63, 3.8) is 0 Å². The van der Waals surface area contributed by atoms with Crippen molar-refractivity contribution in [2.45, 2.75) is 57.7 Å². The van der Waals surface area contributed by atoms with E-state index in [1.165, 1.54) is 49.9 Å². The Kier molecular flexibility index (Phi) is 6.07. The lowest BCUT2D eigenvalue weighted by Gasteiger charge is -2.36. The second-order valence-corrected chi connectivity index (χ2v) is 6.60. The van der Waals surface area contributed by atoms with Gasteiger partial charge in [-0.05, 0) is 56.3 Å². The number of nitrogens with zero attached hydrogens (tertiary/aromatic N) is 2. The van der Waals surface area contributed by atoms with E-state index in [1.54, 1.807) is 0 Å². The van der Waals surface area contributed by atoms with E-state index in [2.05, 4.69) is 55.1 Å². The zero-order valence-electron chi connectivity index (χ0n) is 13.9. The first-order chi connectivity index (χ1) is 10.1. The van der Waals surface area contributed by atoms with Crippen LogP contribution >= 0.6 is 0 Å². The van der Waals surface area contributed by atoms with Crippen LogP contribution in [0.25, 0.3) is 0 Å². The minimum atomic E-state index is 0.434. The van der Waals surface area contributed by atoms with Gasteiger partial charge < -0.3 is 10.6 Å². The van der Waals surface area contributed by atoms with Crippen molar-refractivity contribution in [3.8, 4) is 0 Å². The highest BCUT2D eigenvalue weighted by molar-refractivity contribution is 5.45.